The number of carbonyl (C=O) groups excluding carboxylic acids is 1. The Morgan fingerprint density at radius 3 is 3.00 bits per heavy atom. The first-order chi connectivity index (χ1) is 15.6. The average molecular weight is 433 g/mol. The highest BCUT2D eigenvalue weighted by Crippen LogP contribution is 2.42. The van der Waals surface area contributed by atoms with E-state index in [1.165, 1.54) is 0 Å². The van der Waals surface area contributed by atoms with Crippen molar-refractivity contribution in [1.82, 2.24) is 30.8 Å². The molecule has 0 spiro atoms. The molecule has 0 saturated heterocycles. The zero-order valence-electron chi connectivity index (χ0n) is 18.5. The van der Waals surface area contributed by atoms with Crippen molar-refractivity contribution in [3.63, 3.8) is 0 Å². The molecule has 2 aliphatic rings. The minimum Gasteiger partial charge on any atom is -0.497 e. The molecule has 2 heterocycles. The van der Waals surface area contributed by atoms with E-state index in [1.54, 1.807) is 7.11 Å². The standard InChI is InChI=1S/C24H28N6O2/c1-16-8-10-24(14-16,23-27-28-29-30(23)19-4-3-5-20(13-19)32-2)26-15-17-6-7-18-9-11-25-22(31)21(18)12-17/h3-7,12-13,16,26H,8-11,14-15H2,1-2H3,(H,25,31)/t16-,24?/m1/s1. The van der Waals surface area contributed by atoms with Gasteiger partial charge in [0.15, 0.2) is 5.82 Å². The highest BCUT2D eigenvalue weighted by atomic mass is 16.5. The fraction of sp³-hybridized carbons (Fsp3) is 0.417. The summed E-state index contributed by atoms with van der Waals surface area (Å²) in [5.41, 5.74) is 3.51. The van der Waals surface area contributed by atoms with Gasteiger partial charge in [0.25, 0.3) is 5.91 Å². The van der Waals surface area contributed by atoms with Crippen LogP contribution in [0.4, 0.5) is 0 Å². The Bertz CT molecular complexity index is 1140. The molecule has 2 atom stereocenters. The summed E-state index contributed by atoms with van der Waals surface area (Å²) in [5, 5.41) is 19.5. The van der Waals surface area contributed by atoms with Crippen molar-refractivity contribution in [2.24, 2.45) is 5.92 Å². The molecule has 3 aromatic rings. The van der Waals surface area contributed by atoms with Crippen molar-refractivity contribution in [2.45, 2.75) is 44.7 Å². The summed E-state index contributed by atoms with van der Waals surface area (Å²) >= 11 is 0. The second-order valence-corrected chi connectivity index (χ2v) is 8.90. The molecule has 0 bridgehead atoms. The smallest absolute Gasteiger partial charge is 0.251 e. The summed E-state index contributed by atoms with van der Waals surface area (Å²) in [7, 11) is 1.65. The maximum Gasteiger partial charge on any atom is 0.251 e. The van der Waals surface area contributed by atoms with Gasteiger partial charge >= 0.3 is 0 Å². The van der Waals surface area contributed by atoms with Crippen LogP contribution < -0.4 is 15.4 Å². The van der Waals surface area contributed by atoms with E-state index in [4.69, 9.17) is 4.74 Å². The topological polar surface area (TPSA) is 94.0 Å². The van der Waals surface area contributed by atoms with Gasteiger partial charge in [-0.3, -0.25) is 4.79 Å². The molecule has 2 N–H and O–H groups in total. The number of tetrazole rings is 1. The Hall–Kier alpha value is -3.26. The van der Waals surface area contributed by atoms with Crippen LogP contribution in [0, 0.1) is 5.92 Å². The Balaban J connectivity index is 1.45. The lowest BCUT2D eigenvalue weighted by Crippen LogP contribution is -2.42. The number of carbonyl (C=O) groups is 1. The van der Waals surface area contributed by atoms with Gasteiger partial charge in [-0.15, -0.1) is 5.10 Å². The fourth-order valence-electron chi connectivity index (χ4n) is 4.98. The molecule has 166 valence electrons. The van der Waals surface area contributed by atoms with E-state index in [-0.39, 0.29) is 11.4 Å². The van der Waals surface area contributed by atoms with E-state index >= 15 is 0 Å². The van der Waals surface area contributed by atoms with Gasteiger partial charge in [-0.25, -0.2) is 0 Å². The molecule has 2 aromatic carbocycles. The largest absolute Gasteiger partial charge is 0.497 e. The molecular formula is C24H28N6O2. The molecule has 1 fully saturated rings. The Morgan fingerprint density at radius 2 is 2.19 bits per heavy atom. The lowest BCUT2D eigenvalue weighted by atomic mass is 9.93. The molecule has 32 heavy (non-hydrogen) atoms. The number of ether oxygens (including phenoxy) is 1. The van der Waals surface area contributed by atoms with Crippen LogP contribution in [0.1, 0.15) is 53.5 Å². The highest BCUT2D eigenvalue weighted by Gasteiger charge is 2.43. The molecule has 1 saturated carbocycles. The van der Waals surface area contributed by atoms with Crippen molar-refractivity contribution in [1.29, 1.82) is 0 Å². The lowest BCUT2D eigenvalue weighted by Gasteiger charge is -2.30. The maximum absolute atomic E-state index is 12.3. The minimum absolute atomic E-state index is 0.0132. The molecule has 1 unspecified atom stereocenters. The summed E-state index contributed by atoms with van der Waals surface area (Å²) in [4.78, 5) is 12.3. The number of amides is 1. The maximum atomic E-state index is 12.3. The van der Waals surface area contributed by atoms with Gasteiger partial charge in [0.05, 0.1) is 18.3 Å². The summed E-state index contributed by atoms with van der Waals surface area (Å²) in [6.07, 6.45) is 3.88. The second kappa shape index (κ2) is 8.35. The Kier molecular flexibility index (Phi) is 5.38. The number of rotatable bonds is 6. The van der Waals surface area contributed by atoms with E-state index in [1.807, 2.05) is 35.0 Å². The number of nitrogens with zero attached hydrogens (tertiary/aromatic N) is 4. The van der Waals surface area contributed by atoms with Crippen LogP contribution in [0.3, 0.4) is 0 Å². The molecular weight excluding hydrogens is 404 g/mol. The number of methoxy groups -OCH3 is 1. The SMILES string of the molecule is COc1cccc(-n2nnnc2C2(NCc3ccc4c(c3)C(=O)NCC4)CC[C@@H](C)C2)c1. The van der Waals surface area contributed by atoms with Gasteiger partial charge in [-0.1, -0.05) is 25.1 Å². The van der Waals surface area contributed by atoms with E-state index in [0.717, 1.165) is 59.6 Å². The summed E-state index contributed by atoms with van der Waals surface area (Å²) < 4.78 is 7.20. The Labute approximate surface area is 187 Å². The number of hydrogen-bond acceptors (Lipinski definition) is 6. The van der Waals surface area contributed by atoms with Crippen LogP contribution in [0.5, 0.6) is 5.75 Å². The second-order valence-electron chi connectivity index (χ2n) is 8.90. The number of benzene rings is 2. The van der Waals surface area contributed by atoms with Crippen LogP contribution in [0.25, 0.3) is 5.69 Å². The van der Waals surface area contributed by atoms with Gasteiger partial charge in [0, 0.05) is 24.7 Å². The average Bonchev–Trinajstić information content (AvgIpc) is 3.46. The predicted octanol–water partition coefficient (Wildman–Crippen LogP) is 2.76. The quantitative estimate of drug-likeness (QED) is 0.622. The lowest BCUT2D eigenvalue weighted by molar-refractivity contribution is 0.0946. The van der Waals surface area contributed by atoms with Crippen molar-refractivity contribution < 1.29 is 9.53 Å². The van der Waals surface area contributed by atoms with E-state index in [0.29, 0.717) is 19.0 Å². The van der Waals surface area contributed by atoms with Crippen LogP contribution in [-0.4, -0.2) is 39.8 Å². The molecule has 5 rings (SSSR count). The molecule has 8 nitrogen and oxygen atoms in total. The van der Waals surface area contributed by atoms with Crippen LogP contribution in [-0.2, 0) is 18.5 Å². The van der Waals surface area contributed by atoms with Crippen molar-refractivity contribution in [2.75, 3.05) is 13.7 Å². The van der Waals surface area contributed by atoms with Gasteiger partial charge in [0.1, 0.15) is 5.75 Å². The summed E-state index contributed by atoms with van der Waals surface area (Å²) in [6, 6.07) is 14.0. The first-order valence-electron chi connectivity index (χ1n) is 11.2. The Morgan fingerprint density at radius 1 is 1.28 bits per heavy atom. The number of aromatic nitrogens is 4. The van der Waals surface area contributed by atoms with Crippen molar-refractivity contribution >= 4 is 5.91 Å². The van der Waals surface area contributed by atoms with Gasteiger partial charge in [0.2, 0.25) is 0 Å². The third-order valence-corrected chi connectivity index (χ3v) is 6.69. The van der Waals surface area contributed by atoms with E-state index < -0.39 is 0 Å². The highest BCUT2D eigenvalue weighted by molar-refractivity contribution is 5.96. The number of nitrogens with one attached hydrogen (secondary N) is 2. The van der Waals surface area contributed by atoms with Gasteiger partial charge in [-0.2, -0.15) is 4.68 Å². The van der Waals surface area contributed by atoms with Gasteiger partial charge in [-0.05, 0) is 71.4 Å². The molecule has 0 radical (unpaired) electrons. The third-order valence-electron chi connectivity index (χ3n) is 6.69. The molecule has 1 amide bonds. The number of hydrogen-bond donors (Lipinski definition) is 2. The minimum atomic E-state index is -0.343. The van der Waals surface area contributed by atoms with Crippen LogP contribution >= 0.6 is 0 Å². The summed E-state index contributed by atoms with van der Waals surface area (Å²) in [6.45, 7) is 3.61. The molecule has 1 aliphatic carbocycles. The van der Waals surface area contributed by atoms with Crippen LogP contribution in [0.2, 0.25) is 0 Å². The number of fused-ring (bicyclic) bond motifs is 1. The monoisotopic (exact) mass is 432 g/mol. The predicted molar refractivity (Wildman–Crippen MR) is 120 cm³/mol. The third kappa shape index (κ3) is 3.75. The zero-order valence-corrected chi connectivity index (χ0v) is 18.5. The zero-order chi connectivity index (χ0) is 22.1. The molecule has 8 heteroatoms. The van der Waals surface area contributed by atoms with Crippen molar-refractivity contribution in [3.8, 4) is 11.4 Å². The fourth-order valence-corrected chi connectivity index (χ4v) is 4.98. The van der Waals surface area contributed by atoms with E-state index in [2.05, 4.69) is 45.2 Å². The normalized spacial score (nSPS) is 22.4. The van der Waals surface area contributed by atoms with Crippen molar-refractivity contribution in [3.05, 3.63) is 65.0 Å². The first-order valence-corrected chi connectivity index (χ1v) is 11.2. The molecule has 1 aromatic heterocycles. The summed E-state index contributed by atoms with van der Waals surface area (Å²) in [5.74, 6) is 2.15. The van der Waals surface area contributed by atoms with Gasteiger partial charge < -0.3 is 15.4 Å². The van der Waals surface area contributed by atoms with E-state index in [9.17, 15) is 4.79 Å². The first kappa shape index (κ1) is 20.6. The van der Waals surface area contributed by atoms with Crippen LogP contribution in [0.15, 0.2) is 42.5 Å². The molecule has 1 aliphatic heterocycles.